The average Bonchev–Trinajstić information content (AvgIpc) is 3.10. The molecule has 1 fully saturated rings. The zero-order valence-electron chi connectivity index (χ0n) is 17.2. The Kier molecular flexibility index (Phi) is 7.62. The minimum Gasteiger partial charge on any atom is -0.466 e. The summed E-state index contributed by atoms with van der Waals surface area (Å²) in [6, 6.07) is 0.295. The third-order valence-electron chi connectivity index (χ3n) is 4.52. The molecule has 1 heterocycles. The molecule has 0 aromatic carbocycles. The predicted octanol–water partition coefficient (Wildman–Crippen LogP) is 2.54. The first-order valence-electron chi connectivity index (χ1n) is 9.88. The van der Waals surface area contributed by atoms with Crippen LogP contribution in [0.3, 0.4) is 0 Å². The molecule has 152 valence electrons. The van der Waals surface area contributed by atoms with Gasteiger partial charge in [0.25, 0.3) is 0 Å². The van der Waals surface area contributed by atoms with Crippen molar-refractivity contribution in [1.82, 2.24) is 20.8 Å². The molecule has 1 aromatic rings. The van der Waals surface area contributed by atoms with Gasteiger partial charge in [-0.1, -0.05) is 25.9 Å². The van der Waals surface area contributed by atoms with Gasteiger partial charge in [-0.25, -0.2) is 4.99 Å². The van der Waals surface area contributed by atoms with Gasteiger partial charge in [-0.15, -0.1) is 0 Å². The number of guanidine groups is 1. The quantitative estimate of drug-likeness (QED) is 0.445. The summed E-state index contributed by atoms with van der Waals surface area (Å²) in [5, 5.41) is 10.7. The first-order chi connectivity index (χ1) is 12.8. The Hall–Kier alpha value is -2.12. The summed E-state index contributed by atoms with van der Waals surface area (Å²) in [6.45, 7) is 11.5. The molecule has 8 heteroatoms. The van der Waals surface area contributed by atoms with Gasteiger partial charge in [0.15, 0.2) is 11.8 Å². The van der Waals surface area contributed by atoms with Crippen molar-refractivity contribution >= 4 is 11.9 Å². The van der Waals surface area contributed by atoms with Crippen LogP contribution in [0.5, 0.6) is 0 Å². The van der Waals surface area contributed by atoms with E-state index in [0.29, 0.717) is 30.9 Å². The Morgan fingerprint density at radius 1 is 1.26 bits per heavy atom. The summed E-state index contributed by atoms with van der Waals surface area (Å²) < 4.78 is 10.4. The topological polar surface area (TPSA) is 102 Å². The van der Waals surface area contributed by atoms with Crippen molar-refractivity contribution in [3.8, 4) is 0 Å². The van der Waals surface area contributed by atoms with E-state index >= 15 is 0 Å². The number of hydrogen-bond acceptors (Lipinski definition) is 6. The van der Waals surface area contributed by atoms with Crippen molar-refractivity contribution in [3.05, 3.63) is 11.7 Å². The monoisotopic (exact) mass is 379 g/mol. The molecule has 1 saturated carbocycles. The first-order valence-corrected chi connectivity index (χ1v) is 9.88. The molecule has 0 aliphatic heterocycles. The minimum atomic E-state index is -0.171. The van der Waals surface area contributed by atoms with Crippen LogP contribution < -0.4 is 10.6 Å². The fourth-order valence-electron chi connectivity index (χ4n) is 3.02. The zero-order chi connectivity index (χ0) is 19.9. The highest BCUT2D eigenvalue weighted by Gasteiger charge is 2.27. The smallest absolute Gasteiger partial charge is 0.308 e. The third-order valence-corrected chi connectivity index (χ3v) is 4.52. The standard InChI is InChI=1S/C19H33N5O3/c1-6-20-18(21-12-15-23-17(27-24-15)19(3,4)5)22-14-10-8-13(9-11-14)16(25)26-7-2/h13-14H,6-12H2,1-5H3,(H2,20,21,22). The highest BCUT2D eigenvalue weighted by atomic mass is 16.5. The van der Waals surface area contributed by atoms with Gasteiger partial charge >= 0.3 is 5.97 Å². The molecule has 2 N–H and O–H groups in total. The molecule has 0 bridgehead atoms. The van der Waals surface area contributed by atoms with E-state index in [1.54, 1.807) is 0 Å². The molecule has 0 spiro atoms. The van der Waals surface area contributed by atoms with Gasteiger partial charge < -0.3 is 19.9 Å². The fourth-order valence-corrected chi connectivity index (χ4v) is 3.02. The van der Waals surface area contributed by atoms with Crippen molar-refractivity contribution in [2.45, 2.75) is 78.3 Å². The predicted molar refractivity (Wildman–Crippen MR) is 103 cm³/mol. The third kappa shape index (κ3) is 6.52. The lowest BCUT2D eigenvalue weighted by Crippen LogP contribution is -2.45. The molecule has 0 radical (unpaired) electrons. The maximum absolute atomic E-state index is 11.9. The van der Waals surface area contributed by atoms with Crippen molar-refractivity contribution < 1.29 is 14.1 Å². The number of esters is 1. The first kappa shape index (κ1) is 21.2. The summed E-state index contributed by atoms with van der Waals surface area (Å²) in [4.78, 5) is 20.8. The van der Waals surface area contributed by atoms with E-state index < -0.39 is 0 Å². The van der Waals surface area contributed by atoms with Gasteiger partial charge in [0.1, 0.15) is 6.54 Å². The highest BCUT2D eigenvalue weighted by molar-refractivity contribution is 5.80. The maximum Gasteiger partial charge on any atom is 0.308 e. The van der Waals surface area contributed by atoms with E-state index in [1.807, 2.05) is 34.6 Å². The largest absolute Gasteiger partial charge is 0.466 e. The van der Waals surface area contributed by atoms with Crippen LogP contribution in [-0.2, 0) is 21.5 Å². The van der Waals surface area contributed by atoms with Crippen LogP contribution in [0.4, 0.5) is 0 Å². The molecule has 1 aromatic heterocycles. The van der Waals surface area contributed by atoms with Gasteiger partial charge in [-0.05, 0) is 39.5 Å². The van der Waals surface area contributed by atoms with Crippen molar-refractivity contribution in [3.63, 3.8) is 0 Å². The SMILES string of the molecule is CCNC(=NCc1noc(C(C)(C)C)n1)NC1CCC(C(=O)OCC)CC1. The number of rotatable bonds is 6. The summed E-state index contributed by atoms with van der Waals surface area (Å²) in [5.41, 5.74) is -0.171. The molecule has 1 aliphatic carbocycles. The van der Waals surface area contributed by atoms with Gasteiger partial charge in [0.05, 0.1) is 12.5 Å². The number of aromatic nitrogens is 2. The Morgan fingerprint density at radius 3 is 2.52 bits per heavy atom. The zero-order valence-corrected chi connectivity index (χ0v) is 17.2. The number of aliphatic imine (C=N–C) groups is 1. The number of nitrogens with zero attached hydrogens (tertiary/aromatic N) is 3. The summed E-state index contributed by atoms with van der Waals surface area (Å²) in [6.07, 6.45) is 3.53. The van der Waals surface area contributed by atoms with Gasteiger partial charge in [0.2, 0.25) is 5.89 Å². The summed E-state index contributed by atoms with van der Waals surface area (Å²) >= 11 is 0. The van der Waals surface area contributed by atoms with Crippen LogP contribution in [0.1, 0.15) is 72.0 Å². The van der Waals surface area contributed by atoms with E-state index in [-0.39, 0.29) is 17.3 Å². The number of ether oxygens (including phenoxy) is 1. The molecule has 2 rings (SSSR count). The Morgan fingerprint density at radius 2 is 1.96 bits per heavy atom. The average molecular weight is 380 g/mol. The minimum absolute atomic E-state index is 0.0256. The maximum atomic E-state index is 11.9. The van der Waals surface area contributed by atoms with E-state index in [2.05, 4.69) is 25.8 Å². The van der Waals surface area contributed by atoms with Crippen molar-refractivity contribution in [1.29, 1.82) is 0 Å². The van der Waals surface area contributed by atoms with Crippen LogP contribution in [0.15, 0.2) is 9.52 Å². The molecule has 8 nitrogen and oxygen atoms in total. The van der Waals surface area contributed by atoms with E-state index in [1.165, 1.54) is 0 Å². The highest BCUT2D eigenvalue weighted by Crippen LogP contribution is 2.25. The normalized spacial score (nSPS) is 21.0. The second-order valence-corrected chi connectivity index (χ2v) is 7.91. The van der Waals surface area contributed by atoms with Crippen LogP contribution in [0.2, 0.25) is 0 Å². The van der Waals surface area contributed by atoms with Gasteiger partial charge in [0, 0.05) is 18.0 Å². The lowest BCUT2D eigenvalue weighted by atomic mass is 9.86. The van der Waals surface area contributed by atoms with Crippen LogP contribution in [0, 0.1) is 5.92 Å². The van der Waals surface area contributed by atoms with Crippen molar-refractivity contribution in [2.75, 3.05) is 13.2 Å². The lowest BCUT2D eigenvalue weighted by molar-refractivity contribution is -0.149. The Balaban J connectivity index is 1.89. The molecule has 0 unspecified atom stereocenters. The fraction of sp³-hybridized carbons (Fsp3) is 0.789. The number of nitrogens with one attached hydrogen (secondary N) is 2. The van der Waals surface area contributed by atoms with Crippen LogP contribution in [-0.4, -0.2) is 41.3 Å². The molecule has 0 amide bonds. The Labute approximate surface area is 161 Å². The summed E-state index contributed by atoms with van der Waals surface area (Å²) in [7, 11) is 0. The molecular weight excluding hydrogens is 346 g/mol. The Bertz CT molecular complexity index is 628. The molecule has 0 saturated heterocycles. The molecule has 0 atom stereocenters. The van der Waals surface area contributed by atoms with E-state index in [9.17, 15) is 4.79 Å². The lowest BCUT2D eigenvalue weighted by Gasteiger charge is -2.29. The van der Waals surface area contributed by atoms with Crippen LogP contribution >= 0.6 is 0 Å². The number of carbonyl (C=O) groups is 1. The molecular formula is C19H33N5O3. The van der Waals surface area contributed by atoms with Gasteiger partial charge in [-0.3, -0.25) is 4.79 Å². The summed E-state index contributed by atoms with van der Waals surface area (Å²) in [5.74, 6) is 1.88. The number of hydrogen-bond donors (Lipinski definition) is 2. The second-order valence-electron chi connectivity index (χ2n) is 7.91. The number of carbonyl (C=O) groups excluding carboxylic acids is 1. The van der Waals surface area contributed by atoms with E-state index in [4.69, 9.17) is 9.26 Å². The van der Waals surface area contributed by atoms with Crippen LogP contribution in [0.25, 0.3) is 0 Å². The molecule has 27 heavy (non-hydrogen) atoms. The molecule has 1 aliphatic rings. The van der Waals surface area contributed by atoms with Crippen molar-refractivity contribution in [2.24, 2.45) is 10.9 Å². The second kappa shape index (κ2) is 9.71. The van der Waals surface area contributed by atoms with Gasteiger partial charge in [-0.2, -0.15) is 4.98 Å². The van der Waals surface area contributed by atoms with E-state index in [0.717, 1.165) is 38.2 Å².